The van der Waals surface area contributed by atoms with Gasteiger partial charge in [-0.05, 0) is 45.3 Å². The molecule has 134 valence electrons. The average Bonchev–Trinajstić information content (AvgIpc) is 2.53. The van der Waals surface area contributed by atoms with E-state index in [1.807, 2.05) is 0 Å². The molecule has 0 fully saturated rings. The number of hydrogen-bond donors (Lipinski definition) is 1. The molecule has 0 radical (unpaired) electrons. The molecular formula is C20H43NO. The number of unbranched alkanes of at least 4 members (excludes halogenated alkanes) is 11. The fraction of sp³-hybridized carbons (Fsp3) is 1.00. The molecule has 0 aliphatic heterocycles. The van der Waals surface area contributed by atoms with E-state index in [1.165, 1.54) is 96.7 Å². The molecule has 0 saturated carbocycles. The van der Waals surface area contributed by atoms with Gasteiger partial charge in [0.05, 0.1) is 0 Å². The Kier molecular flexibility index (Phi) is 18.9. The molecule has 0 aliphatic carbocycles. The summed E-state index contributed by atoms with van der Waals surface area (Å²) in [6.07, 6.45) is 18.8. The zero-order chi connectivity index (χ0) is 16.3. The first-order valence-corrected chi connectivity index (χ1v) is 10.2. The lowest BCUT2D eigenvalue weighted by Gasteiger charge is -2.22. The van der Waals surface area contributed by atoms with Crippen molar-refractivity contribution in [1.82, 2.24) is 4.90 Å². The minimum Gasteiger partial charge on any atom is -0.396 e. The summed E-state index contributed by atoms with van der Waals surface area (Å²) in [5.41, 5.74) is 0. The Morgan fingerprint density at radius 2 is 0.864 bits per heavy atom. The Labute approximate surface area is 140 Å². The van der Waals surface area contributed by atoms with Gasteiger partial charge in [-0.2, -0.15) is 0 Å². The standard InChI is InChI=1S/C20H43NO/c1-3-5-7-9-11-13-17-21(19-15-16-20-22)18-14-12-10-8-6-4-2/h22H,3-20H2,1-2H3. The van der Waals surface area contributed by atoms with Gasteiger partial charge in [-0.25, -0.2) is 0 Å². The highest BCUT2D eigenvalue weighted by molar-refractivity contribution is 4.60. The quantitative estimate of drug-likeness (QED) is 0.324. The lowest BCUT2D eigenvalue weighted by molar-refractivity contribution is 0.234. The van der Waals surface area contributed by atoms with Crippen molar-refractivity contribution in [3.63, 3.8) is 0 Å². The lowest BCUT2D eigenvalue weighted by atomic mass is 10.1. The predicted molar refractivity (Wildman–Crippen MR) is 99.5 cm³/mol. The Balaban J connectivity index is 3.65. The maximum Gasteiger partial charge on any atom is 0.0431 e. The molecule has 0 atom stereocenters. The molecule has 0 spiro atoms. The largest absolute Gasteiger partial charge is 0.396 e. The van der Waals surface area contributed by atoms with Crippen LogP contribution in [0.1, 0.15) is 104 Å². The highest BCUT2D eigenvalue weighted by Gasteiger charge is 2.04. The summed E-state index contributed by atoms with van der Waals surface area (Å²) >= 11 is 0. The molecule has 0 rings (SSSR count). The van der Waals surface area contributed by atoms with Crippen LogP contribution in [0.5, 0.6) is 0 Å². The van der Waals surface area contributed by atoms with E-state index < -0.39 is 0 Å². The molecule has 1 N–H and O–H groups in total. The van der Waals surface area contributed by atoms with Crippen molar-refractivity contribution in [3.8, 4) is 0 Å². The van der Waals surface area contributed by atoms with Crippen molar-refractivity contribution in [3.05, 3.63) is 0 Å². The third-order valence-corrected chi connectivity index (χ3v) is 4.54. The summed E-state index contributed by atoms with van der Waals surface area (Å²) in [6, 6.07) is 0. The highest BCUT2D eigenvalue weighted by atomic mass is 16.2. The van der Waals surface area contributed by atoms with E-state index in [2.05, 4.69) is 18.7 Å². The lowest BCUT2D eigenvalue weighted by Crippen LogP contribution is -2.27. The normalized spacial score (nSPS) is 11.5. The first-order valence-electron chi connectivity index (χ1n) is 10.2. The van der Waals surface area contributed by atoms with E-state index in [0.717, 1.165) is 12.8 Å². The van der Waals surface area contributed by atoms with Gasteiger partial charge in [0.2, 0.25) is 0 Å². The second-order valence-corrected chi connectivity index (χ2v) is 6.81. The van der Waals surface area contributed by atoms with Crippen LogP contribution < -0.4 is 0 Å². The van der Waals surface area contributed by atoms with Crippen molar-refractivity contribution in [2.75, 3.05) is 26.2 Å². The molecule has 0 heterocycles. The molecule has 0 aromatic carbocycles. The first kappa shape index (κ1) is 21.9. The summed E-state index contributed by atoms with van der Waals surface area (Å²) in [5.74, 6) is 0. The van der Waals surface area contributed by atoms with E-state index in [1.54, 1.807) is 0 Å². The number of nitrogens with zero attached hydrogens (tertiary/aromatic N) is 1. The third-order valence-electron chi connectivity index (χ3n) is 4.54. The van der Waals surface area contributed by atoms with Crippen LogP contribution in [0.2, 0.25) is 0 Å². The van der Waals surface area contributed by atoms with Crippen LogP contribution in [-0.2, 0) is 0 Å². The average molecular weight is 314 g/mol. The van der Waals surface area contributed by atoms with E-state index in [4.69, 9.17) is 5.11 Å². The van der Waals surface area contributed by atoms with E-state index in [0.29, 0.717) is 6.61 Å². The van der Waals surface area contributed by atoms with Gasteiger partial charge >= 0.3 is 0 Å². The maximum absolute atomic E-state index is 8.95. The van der Waals surface area contributed by atoms with Gasteiger partial charge < -0.3 is 10.0 Å². The second-order valence-electron chi connectivity index (χ2n) is 6.81. The zero-order valence-corrected chi connectivity index (χ0v) is 15.6. The van der Waals surface area contributed by atoms with Crippen LogP contribution in [0.4, 0.5) is 0 Å². The van der Waals surface area contributed by atoms with Gasteiger partial charge in [-0.15, -0.1) is 0 Å². The predicted octanol–water partition coefficient (Wildman–Crippen LogP) is 5.78. The molecule has 0 aliphatic rings. The van der Waals surface area contributed by atoms with Gasteiger partial charge in [0.25, 0.3) is 0 Å². The van der Waals surface area contributed by atoms with Crippen LogP contribution in [0.15, 0.2) is 0 Å². The second kappa shape index (κ2) is 19.0. The molecule has 0 saturated heterocycles. The van der Waals surface area contributed by atoms with Gasteiger partial charge in [-0.3, -0.25) is 0 Å². The van der Waals surface area contributed by atoms with Crippen molar-refractivity contribution < 1.29 is 5.11 Å². The van der Waals surface area contributed by atoms with E-state index in [9.17, 15) is 0 Å². The van der Waals surface area contributed by atoms with Crippen LogP contribution in [-0.4, -0.2) is 36.2 Å². The third kappa shape index (κ3) is 16.3. The summed E-state index contributed by atoms with van der Waals surface area (Å²) in [7, 11) is 0. The molecule has 0 amide bonds. The first-order chi connectivity index (χ1) is 10.8. The topological polar surface area (TPSA) is 23.5 Å². The minimum absolute atomic E-state index is 0.349. The van der Waals surface area contributed by atoms with Crippen molar-refractivity contribution in [1.29, 1.82) is 0 Å². The Morgan fingerprint density at radius 3 is 1.27 bits per heavy atom. The molecule has 22 heavy (non-hydrogen) atoms. The summed E-state index contributed by atoms with van der Waals surface area (Å²) < 4.78 is 0. The van der Waals surface area contributed by atoms with Gasteiger partial charge in [0.1, 0.15) is 0 Å². The molecule has 0 aromatic rings. The van der Waals surface area contributed by atoms with Crippen molar-refractivity contribution in [2.24, 2.45) is 0 Å². The van der Waals surface area contributed by atoms with Crippen LogP contribution >= 0.6 is 0 Å². The number of rotatable bonds is 18. The fourth-order valence-electron chi connectivity index (χ4n) is 3.01. The summed E-state index contributed by atoms with van der Waals surface area (Å²) in [5, 5.41) is 8.95. The molecule has 0 bridgehead atoms. The molecule has 2 nitrogen and oxygen atoms in total. The van der Waals surface area contributed by atoms with Gasteiger partial charge in [0, 0.05) is 6.61 Å². The van der Waals surface area contributed by atoms with Crippen molar-refractivity contribution >= 4 is 0 Å². The Morgan fingerprint density at radius 1 is 0.500 bits per heavy atom. The molecule has 0 unspecified atom stereocenters. The van der Waals surface area contributed by atoms with E-state index in [-0.39, 0.29) is 0 Å². The monoisotopic (exact) mass is 313 g/mol. The van der Waals surface area contributed by atoms with Crippen LogP contribution in [0, 0.1) is 0 Å². The fourth-order valence-corrected chi connectivity index (χ4v) is 3.01. The van der Waals surface area contributed by atoms with Crippen LogP contribution in [0.25, 0.3) is 0 Å². The van der Waals surface area contributed by atoms with Crippen LogP contribution in [0.3, 0.4) is 0 Å². The van der Waals surface area contributed by atoms with Gasteiger partial charge in [0.15, 0.2) is 0 Å². The van der Waals surface area contributed by atoms with Gasteiger partial charge in [-0.1, -0.05) is 78.1 Å². The zero-order valence-electron chi connectivity index (χ0n) is 15.6. The maximum atomic E-state index is 8.95. The SMILES string of the molecule is CCCCCCCCN(CCCCO)CCCCCCCC. The van der Waals surface area contributed by atoms with Crippen molar-refractivity contribution in [2.45, 2.75) is 104 Å². The Bertz CT molecular complexity index is 180. The number of aliphatic hydroxyl groups is 1. The summed E-state index contributed by atoms with van der Waals surface area (Å²) in [4.78, 5) is 2.65. The summed E-state index contributed by atoms with van der Waals surface area (Å²) in [6.45, 7) is 8.64. The molecule has 2 heteroatoms. The molecule has 0 aromatic heterocycles. The molecular weight excluding hydrogens is 270 g/mol. The smallest absolute Gasteiger partial charge is 0.0431 e. The van der Waals surface area contributed by atoms with E-state index >= 15 is 0 Å². The number of hydrogen-bond acceptors (Lipinski definition) is 2. The Hall–Kier alpha value is -0.0800. The number of aliphatic hydroxyl groups excluding tert-OH is 1. The minimum atomic E-state index is 0.349. The highest BCUT2D eigenvalue weighted by Crippen LogP contribution is 2.09.